The minimum absolute atomic E-state index is 0.258. The first-order chi connectivity index (χ1) is 10.6. The van der Waals surface area contributed by atoms with E-state index >= 15 is 0 Å². The zero-order valence-corrected chi connectivity index (χ0v) is 13.0. The van der Waals surface area contributed by atoms with Crippen molar-refractivity contribution in [2.24, 2.45) is 0 Å². The number of ether oxygens (including phenoxy) is 1. The summed E-state index contributed by atoms with van der Waals surface area (Å²) in [7, 11) is 0. The van der Waals surface area contributed by atoms with Crippen molar-refractivity contribution in [3.8, 4) is 0 Å². The molecule has 0 heterocycles. The molecule has 0 saturated heterocycles. The summed E-state index contributed by atoms with van der Waals surface area (Å²) in [4.78, 5) is 23.4. The van der Waals surface area contributed by atoms with Crippen molar-refractivity contribution in [3.05, 3.63) is 75.8 Å². The molecule has 0 aliphatic carbocycles. The summed E-state index contributed by atoms with van der Waals surface area (Å²) in [5.74, 6) is -0.873. The maximum atomic E-state index is 11.8. The zero-order valence-electron chi connectivity index (χ0n) is 11.5. The molecular formula is C17H12Cl2O3. The molecule has 3 nitrogen and oxygen atoms in total. The molecule has 0 atom stereocenters. The molecule has 2 aromatic carbocycles. The molecule has 2 rings (SSSR count). The average Bonchev–Trinajstić information content (AvgIpc) is 2.52. The lowest BCUT2D eigenvalue weighted by atomic mass is 10.1. The van der Waals surface area contributed by atoms with Crippen LogP contribution in [0.5, 0.6) is 0 Å². The molecule has 0 aliphatic heterocycles. The summed E-state index contributed by atoms with van der Waals surface area (Å²) < 4.78 is 4.90. The van der Waals surface area contributed by atoms with Crippen molar-refractivity contribution in [2.45, 2.75) is 0 Å². The number of benzene rings is 2. The van der Waals surface area contributed by atoms with Crippen LogP contribution in [0.3, 0.4) is 0 Å². The van der Waals surface area contributed by atoms with Gasteiger partial charge in [0.2, 0.25) is 0 Å². The molecule has 0 saturated carbocycles. The fourth-order valence-corrected chi connectivity index (χ4v) is 2.16. The Hall–Kier alpha value is -2.10. The fraction of sp³-hybridized carbons (Fsp3) is 0.0588. The van der Waals surface area contributed by atoms with E-state index in [2.05, 4.69) is 0 Å². The number of hydrogen-bond acceptors (Lipinski definition) is 3. The zero-order chi connectivity index (χ0) is 15.9. The van der Waals surface area contributed by atoms with Gasteiger partial charge in [0.15, 0.2) is 12.4 Å². The van der Waals surface area contributed by atoms with E-state index in [-0.39, 0.29) is 12.4 Å². The molecule has 22 heavy (non-hydrogen) atoms. The van der Waals surface area contributed by atoms with E-state index in [1.807, 2.05) is 0 Å². The van der Waals surface area contributed by atoms with E-state index in [9.17, 15) is 9.59 Å². The van der Waals surface area contributed by atoms with Crippen LogP contribution in [0, 0.1) is 0 Å². The van der Waals surface area contributed by atoms with Crippen LogP contribution in [-0.4, -0.2) is 18.4 Å². The van der Waals surface area contributed by atoms with Crippen LogP contribution in [-0.2, 0) is 9.53 Å². The second kappa shape index (κ2) is 7.78. The van der Waals surface area contributed by atoms with Gasteiger partial charge in [0.05, 0.1) is 0 Å². The number of Topliss-reactive ketones (excluding diaryl/α,β-unsaturated/α-hetero) is 1. The first-order valence-electron chi connectivity index (χ1n) is 6.44. The molecule has 5 heteroatoms. The van der Waals surface area contributed by atoms with Crippen LogP contribution in [0.15, 0.2) is 54.6 Å². The number of carbonyl (C=O) groups is 2. The van der Waals surface area contributed by atoms with Gasteiger partial charge in [-0.15, -0.1) is 0 Å². The molecule has 112 valence electrons. The molecule has 0 amide bonds. The van der Waals surface area contributed by atoms with E-state index < -0.39 is 5.97 Å². The summed E-state index contributed by atoms with van der Waals surface area (Å²) in [6, 6.07) is 13.6. The van der Waals surface area contributed by atoms with Crippen molar-refractivity contribution < 1.29 is 14.3 Å². The number of carbonyl (C=O) groups excluding carboxylic acids is 2. The maximum Gasteiger partial charge on any atom is 0.331 e. The molecular weight excluding hydrogens is 323 g/mol. The normalized spacial score (nSPS) is 10.6. The summed E-state index contributed by atoms with van der Waals surface area (Å²) in [5.41, 5.74) is 1.14. The highest BCUT2D eigenvalue weighted by molar-refractivity contribution is 6.35. The summed E-state index contributed by atoms with van der Waals surface area (Å²) in [5, 5.41) is 0.940. The van der Waals surface area contributed by atoms with Crippen LogP contribution in [0.2, 0.25) is 10.0 Å². The lowest BCUT2D eigenvalue weighted by molar-refractivity contribution is -0.136. The van der Waals surface area contributed by atoms with Gasteiger partial charge in [0, 0.05) is 21.7 Å². The fourth-order valence-electron chi connectivity index (χ4n) is 1.69. The maximum absolute atomic E-state index is 11.8. The smallest absolute Gasteiger partial charge is 0.331 e. The van der Waals surface area contributed by atoms with Crippen LogP contribution in [0.1, 0.15) is 15.9 Å². The Balaban J connectivity index is 1.90. The Labute approximate surface area is 138 Å². The van der Waals surface area contributed by atoms with Gasteiger partial charge in [-0.3, -0.25) is 4.79 Å². The standard InChI is InChI=1S/C17H12Cl2O3/c18-14-8-6-12(15(19)10-14)7-9-17(21)22-11-16(20)13-4-2-1-3-5-13/h1-10H,11H2. The van der Waals surface area contributed by atoms with Crippen molar-refractivity contribution >= 4 is 41.0 Å². The Morgan fingerprint density at radius 3 is 2.45 bits per heavy atom. The predicted molar refractivity (Wildman–Crippen MR) is 87.2 cm³/mol. The van der Waals surface area contributed by atoms with E-state index in [1.54, 1.807) is 48.5 Å². The second-order valence-electron chi connectivity index (χ2n) is 4.40. The van der Waals surface area contributed by atoms with Gasteiger partial charge in [-0.05, 0) is 23.8 Å². The first-order valence-corrected chi connectivity index (χ1v) is 7.20. The van der Waals surface area contributed by atoms with Crippen LogP contribution < -0.4 is 0 Å². The third kappa shape index (κ3) is 4.72. The Bertz CT molecular complexity index is 709. The van der Waals surface area contributed by atoms with Gasteiger partial charge < -0.3 is 4.74 Å². The average molecular weight is 335 g/mol. The minimum Gasteiger partial charge on any atom is -0.454 e. The van der Waals surface area contributed by atoms with Crippen molar-refractivity contribution in [1.29, 1.82) is 0 Å². The van der Waals surface area contributed by atoms with E-state index in [4.69, 9.17) is 27.9 Å². The molecule has 0 spiro atoms. The summed E-state index contributed by atoms with van der Waals surface area (Å²) in [6.07, 6.45) is 2.72. The SMILES string of the molecule is O=C(C=Cc1ccc(Cl)cc1Cl)OCC(=O)c1ccccc1. The van der Waals surface area contributed by atoms with Crippen molar-refractivity contribution in [1.82, 2.24) is 0 Å². The van der Waals surface area contributed by atoms with Gasteiger partial charge in [-0.1, -0.05) is 59.6 Å². The molecule has 0 aromatic heterocycles. The number of ketones is 1. The molecule has 0 fully saturated rings. The largest absolute Gasteiger partial charge is 0.454 e. The Kier molecular flexibility index (Phi) is 5.75. The monoisotopic (exact) mass is 334 g/mol. The quantitative estimate of drug-likeness (QED) is 0.461. The lowest BCUT2D eigenvalue weighted by Crippen LogP contribution is -2.12. The molecule has 0 radical (unpaired) electrons. The second-order valence-corrected chi connectivity index (χ2v) is 5.24. The molecule has 0 N–H and O–H groups in total. The molecule has 0 bridgehead atoms. The highest BCUT2D eigenvalue weighted by Crippen LogP contribution is 2.21. The van der Waals surface area contributed by atoms with Gasteiger partial charge in [-0.2, -0.15) is 0 Å². The topological polar surface area (TPSA) is 43.4 Å². The molecule has 0 aliphatic rings. The number of halogens is 2. The first kappa shape index (κ1) is 16.3. The highest BCUT2D eigenvalue weighted by Gasteiger charge is 2.07. The van der Waals surface area contributed by atoms with Gasteiger partial charge >= 0.3 is 5.97 Å². The van der Waals surface area contributed by atoms with Gasteiger partial charge in [0.1, 0.15) is 0 Å². The predicted octanol–water partition coefficient (Wildman–Crippen LogP) is 4.43. The molecule has 0 unspecified atom stereocenters. The summed E-state index contributed by atoms with van der Waals surface area (Å²) >= 11 is 11.8. The van der Waals surface area contributed by atoms with Crippen LogP contribution in [0.25, 0.3) is 6.08 Å². The minimum atomic E-state index is -0.615. The van der Waals surface area contributed by atoms with E-state index in [1.165, 1.54) is 12.2 Å². The molecule has 2 aromatic rings. The third-order valence-corrected chi connectivity index (χ3v) is 3.37. The number of rotatable bonds is 5. The van der Waals surface area contributed by atoms with Crippen LogP contribution in [0.4, 0.5) is 0 Å². The number of hydrogen-bond donors (Lipinski definition) is 0. The van der Waals surface area contributed by atoms with Crippen molar-refractivity contribution in [3.63, 3.8) is 0 Å². The van der Waals surface area contributed by atoms with E-state index in [0.29, 0.717) is 21.2 Å². The van der Waals surface area contributed by atoms with Crippen LogP contribution >= 0.6 is 23.2 Å². The van der Waals surface area contributed by atoms with Gasteiger partial charge in [0.25, 0.3) is 0 Å². The lowest BCUT2D eigenvalue weighted by Gasteiger charge is -2.02. The van der Waals surface area contributed by atoms with E-state index in [0.717, 1.165) is 0 Å². The Morgan fingerprint density at radius 1 is 1.05 bits per heavy atom. The number of esters is 1. The Morgan fingerprint density at radius 2 is 1.77 bits per heavy atom. The third-order valence-electron chi connectivity index (χ3n) is 2.80. The summed E-state index contributed by atoms with van der Waals surface area (Å²) in [6.45, 7) is -0.304. The van der Waals surface area contributed by atoms with Gasteiger partial charge in [-0.25, -0.2) is 4.79 Å². The van der Waals surface area contributed by atoms with Crippen molar-refractivity contribution in [2.75, 3.05) is 6.61 Å². The highest BCUT2D eigenvalue weighted by atomic mass is 35.5.